The van der Waals surface area contributed by atoms with Crippen LogP contribution in [0, 0.1) is 5.92 Å². The third-order valence-electron chi connectivity index (χ3n) is 4.03. The molecule has 0 spiro atoms. The zero-order valence-electron chi connectivity index (χ0n) is 11.2. The van der Waals surface area contributed by atoms with Gasteiger partial charge in [0.25, 0.3) is 5.91 Å². The van der Waals surface area contributed by atoms with Gasteiger partial charge in [0.05, 0.1) is 19.1 Å². The molecule has 1 aromatic carbocycles. The number of fused-ring (bicyclic) bond motifs is 1. The van der Waals surface area contributed by atoms with E-state index >= 15 is 0 Å². The van der Waals surface area contributed by atoms with Crippen molar-refractivity contribution in [3.8, 4) is 0 Å². The Morgan fingerprint density at radius 3 is 2.85 bits per heavy atom. The Balaban J connectivity index is 1.76. The molecule has 0 radical (unpaired) electrons. The topological polar surface area (TPSA) is 66.8 Å². The second-order valence-electron chi connectivity index (χ2n) is 5.40. The fourth-order valence-electron chi connectivity index (χ4n) is 2.85. The van der Waals surface area contributed by atoms with Crippen molar-refractivity contribution < 1.29 is 19.4 Å². The number of rotatable bonds is 2. The Kier molecular flexibility index (Phi) is 3.44. The van der Waals surface area contributed by atoms with Crippen molar-refractivity contribution in [3.05, 3.63) is 34.9 Å². The molecule has 2 heterocycles. The van der Waals surface area contributed by atoms with E-state index in [9.17, 15) is 9.59 Å². The second-order valence-corrected chi connectivity index (χ2v) is 5.40. The third kappa shape index (κ3) is 2.41. The van der Waals surface area contributed by atoms with Crippen molar-refractivity contribution in [2.45, 2.75) is 26.1 Å². The summed E-state index contributed by atoms with van der Waals surface area (Å²) in [6, 6.07) is 5.60. The van der Waals surface area contributed by atoms with Crippen LogP contribution in [-0.4, -0.2) is 35.0 Å². The molecule has 3 rings (SSSR count). The maximum atomic E-state index is 12.5. The molecule has 1 unspecified atom stereocenters. The molecular weight excluding hydrogens is 258 g/mol. The minimum absolute atomic E-state index is 0.0781. The minimum Gasteiger partial charge on any atom is -0.481 e. The lowest BCUT2D eigenvalue weighted by Crippen LogP contribution is -2.42. The van der Waals surface area contributed by atoms with Crippen LogP contribution in [0.5, 0.6) is 0 Å². The van der Waals surface area contributed by atoms with Gasteiger partial charge in [-0.2, -0.15) is 0 Å². The first-order valence-electron chi connectivity index (χ1n) is 6.87. The summed E-state index contributed by atoms with van der Waals surface area (Å²) < 4.78 is 5.34. The number of amides is 1. The Hall–Kier alpha value is -1.88. The molecule has 0 aromatic heterocycles. The van der Waals surface area contributed by atoms with Gasteiger partial charge in [-0.05, 0) is 36.1 Å². The molecule has 1 fully saturated rings. The fourth-order valence-corrected chi connectivity index (χ4v) is 2.85. The molecule has 0 saturated carbocycles. The summed E-state index contributed by atoms with van der Waals surface area (Å²) in [6.45, 7) is 2.10. The van der Waals surface area contributed by atoms with Crippen molar-refractivity contribution in [1.82, 2.24) is 4.90 Å². The molecule has 1 aromatic rings. The highest BCUT2D eigenvalue weighted by atomic mass is 16.5. The summed E-state index contributed by atoms with van der Waals surface area (Å²) in [5.41, 5.74) is 2.81. The molecule has 1 amide bonds. The van der Waals surface area contributed by atoms with Gasteiger partial charge in [-0.25, -0.2) is 0 Å². The number of carbonyl (C=O) groups excluding carboxylic acids is 1. The van der Waals surface area contributed by atoms with Crippen molar-refractivity contribution in [2.75, 3.05) is 13.1 Å². The van der Waals surface area contributed by atoms with Gasteiger partial charge in [-0.15, -0.1) is 0 Å². The summed E-state index contributed by atoms with van der Waals surface area (Å²) in [5, 5.41) is 9.08. The number of carboxylic acids is 1. The van der Waals surface area contributed by atoms with Crippen LogP contribution < -0.4 is 0 Å². The number of ether oxygens (including phenoxy) is 1. The van der Waals surface area contributed by atoms with E-state index in [1.165, 1.54) is 0 Å². The highest BCUT2D eigenvalue weighted by Gasteiger charge is 2.29. The van der Waals surface area contributed by atoms with Crippen LogP contribution in [-0.2, 0) is 22.7 Å². The van der Waals surface area contributed by atoms with Crippen LogP contribution in [0.2, 0.25) is 0 Å². The summed E-state index contributed by atoms with van der Waals surface area (Å²) in [4.78, 5) is 25.2. The van der Waals surface area contributed by atoms with Gasteiger partial charge in [0, 0.05) is 18.7 Å². The van der Waals surface area contributed by atoms with E-state index in [4.69, 9.17) is 9.84 Å². The first kappa shape index (κ1) is 13.1. The molecule has 0 bridgehead atoms. The SMILES string of the molecule is O=C(O)C1CCCN(C(=O)c2ccc3c(c2)COC3)C1. The van der Waals surface area contributed by atoms with Crippen LogP contribution in [0.15, 0.2) is 18.2 Å². The van der Waals surface area contributed by atoms with Crippen LogP contribution in [0.1, 0.15) is 34.3 Å². The average molecular weight is 275 g/mol. The number of carboxylic acid groups (broad SMARTS) is 1. The van der Waals surface area contributed by atoms with E-state index in [1.54, 1.807) is 11.0 Å². The quantitative estimate of drug-likeness (QED) is 0.891. The zero-order chi connectivity index (χ0) is 14.1. The maximum absolute atomic E-state index is 12.5. The number of nitrogens with zero attached hydrogens (tertiary/aromatic N) is 1. The third-order valence-corrected chi connectivity index (χ3v) is 4.03. The molecule has 2 aliphatic rings. The zero-order valence-corrected chi connectivity index (χ0v) is 11.2. The van der Waals surface area contributed by atoms with E-state index in [-0.39, 0.29) is 5.91 Å². The van der Waals surface area contributed by atoms with Crippen molar-refractivity contribution in [3.63, 3.8) is 0 Å². The molecule has 1 atom stereocenters. The highest BCUT2D eigenvalue weighted by Crippen LogP contribution is 2.23. The van der Waals surface area contributed by atoms with Crippen LogP contribution in [0.25, 0.3) is 0 Å². The van der Waals surface area contributed by atoms with Crippen LogP contribution in [0.4, 0.5) is 0 Å². The van der Waals surface area contributed by atoms with E-state index in [2.05, 4.69) is 0 Å². The molecule has 0 aliphatic carbocycles. The molecule has 1 saturated heterocycles. The normalized spacial score (nSPS) is 21.6. The Bertz CT molecular complexity index is 555. The summed E-state index contributed by atoms with van der Waals surface area (Å²) in [5.74, 6) is -1.33. The second kappa shape index (κ2) is 5.25. The monoisotopic (exact) mass is 275 g/mol. The number of hydrogen-bond donors (Lipinski definition) is 1. The lowest BCUT2D eigenvalue weighted by molar-refractivity contribution is -0.143. The number of piperidine rings is 1. The van der Waals surface area contributed by atoms with Crippen LogP contribution >= 0.6 is 0 Å². The van der Waals surface area contributed by atoms with Gasteiger partial charge in [0.15, 0.2) is 0 Å². The lowest BCUT2D eigenvalue weighted by Gasteiger charge is -2.30. The average Bonchev–Trinajstić information content (AvgIpc) is 2.94. The molecule has 106 valence electrons. The smallest absolute Gasteiger partial charge is 0.308 e. The van der Waals surface area contributed by atoms with Gasteiger partial charge >= 0.3 is 5.97 Å². The van der Waals surface area contributed by atoms with Gasteiger partial charge < -0.3 is 14.7 Å². The predicted octanol–water partition coefficient (Wildman–Crippen LogP) is 1.65. The molecular formula is C15H17NO4. The molecule has 20 heavy (non-hydrogen) atoms. The highest BCUT2D eigenvalue weighted by molar-refractivity contribution is 5.95. The largest absolute Gasteiger partial charge is 0.481 e. The predicted molar refractivity (Wildman–Crippen MR) is 71.2 cm³/mol. The number of carbonyl (C=O) groups is 2. The number of likely N-dealkylation sites (tertiary alicyclic amines) is 1. The van der Waals surface area contributed by atoms with Crippen molar-refractivity contribution >= 4 is 11.9 Å². The standard InChI is InChI=1S/C15H17NO4/c17-14(16-5-1-2-11(7-16)15(18)19)10-3-4-12-8-20-9-13(12)6-10/h3-4,6,11H,1-2,5,7-9H2,(H,18,19). The first-order valence-corrected chi connectivity index (χ1v) is 6.87. The Labute approximate surface area is 117 Å². The molecule has 5 nitrogen and oxygen atoms in total. The minimum atomic E-state index is -0.815. The summed E-state index contributed by atoms with van der Waals surface area (Å²) >= 11 is 0. The van der Waals surface area contributed by atoms with Gasteiger partial charge in [0.1, 0.15) is 0 Å². The van der Waals surface area contributed by atoms with E-state index in [0.717, 1.165) is 17.5 Å². The summed E-state index contributed by atoms with van der Waals surface area (Å²) in [7, 11) is 0. The molecule has 5 heteroatoms. The first-order chi connectivity index (χ1) is 9.65. The van der Waals surface area contributed by atoms with Gasteiger partial charge in [0.2, 0.25) is 0 Å². The Morgan fingerprint density at radius 1 is 1.25 bits per heavy atom. The van der Waals surface area contributed by atoms with Crippen LogP contribution in [0.3, 0.4) is 0 Å². The Morgan fingerprint density at radius 2 is 2.05 bits per heavy atom. The maximum Gasteiger partial charge on any atom is 0.308 e. The lowest BCUT2D eigenvalue weighted by atomic mass is 9.97. The fraction of sp³-hybridized carbons (Fsp3) is 0.467. The molecule has 1 N–H and O–H groups in total. The van der Waals surface area contributed by atoms with Gasteiger partial charge in [-0.1, -0.05) is 6.07 Å². The number of hydrogen-bond acceptors (Lipinski definition) is 3. The molecule has 2 aliphatic heterocycles. The van der Waals surface area contributed by atoms with Crippen molar-refractivity contribution in [1.29, 1.82) is 0 Å². The van der Waals surface area contributed by atoms with E-state index < -0.39 is 11.9 Å². The van der Waals surface area contributed by atoms with Gasteiger partial charge in [-0.3, -0.25) is 9.59 Å². The number of aliphatic carboxylic acids is 1. The number of benzene rings is 1. The van der Waals surface area contributed by atoms with E-state index in [0.29, 0.717) is 38.3 Å². The summed E-state index contributed by atoms with van der Waals surface area (Å²) in [6.07, 6.45) is 1.40. The van der Waals surface area contributed by atoms with Crippen molar-refractivity contribution in [2.24, 2.45) is 5.92 Å². The van der Waals surface area contributed by atoms with E-state index in [1.807, 2.05) is 12.1 Å².